The third-order valence-electron chi connectivity index (χ3n) is 2.20. The minimum Gasteiger partial charge on any atom is -0.337 e. The summed E-state index contributed by atoms with van der Waals surface area (Å²) in [6.45, 7) is 0. The molecule has 1 aromatic heterocycles. The molecule has 0 spiro atoms. The fourth-order valence-corrected chi connectivity index (χ4v) is 2.01. The molecule has 1 heterocycles. The van der Waals surface area contributed by atoms with Crippen LogP contribution in [0.3, 0.4) is 0 Å². The Balaban J connectivity index is 2.31. The summed E-state index contributed by atoms with van der Waals surface area (Å²) in [6, 6.07) is 10.0. The largest absolute Gasteiger partial charge is 0.337 e. The van der Waals surface area contributed by atoms with Gasteiger partial charge in [0.1, 0.15) is 6.07 Å². The van der Waals surface area contributed by atoms with Gasteiger partial charge >= 0.3 is 0 Å². The van der Waals surface area contributed by atoms with Crippen molar-refractivity contribution in [3.05, 3.63) is 42.1 Å². The van der Waals surface area contributed by atoms with E-state index in [1.165, 1.54) is 12.3 Å². The third kappa shape index (κ3) is 3.39. The standard InChI is InChI=1S/C12H8F2N4S/c13-12(14)19-10-4-2-1-3-9(10)17-11-8(7-15)5-6-16-18-11/h1-6,12H,(H,17,18). The first-order valence-corrected chi connectivity index (χ1v) is 6.11. The normalized spacial score (nSPS) is 10.2. The Labute approximate surface area is 112 Å². The molecule has 0 fully saturated rings. The molecule has 0 bridgehead atoms. The minimum absolute atomic E-state index is 0.243. The molecule has 0 aliphatic rings. The summed E-state index contributed by atoms with van der Waals surface area (Å²) >= 11 is 0.431. The summed E-state index contributed by atoms with van der Waals surface area (Å²) in [7, 11) is 0. The van der Waals surface area contributed by atoms with Gasteiger partial charge in [-0.15, -0.1) is 5.10 Å². The van der Waals surface area contributed by atoms with Crippen LogP contribution in [-0.2, 0) is 0 Å². The molecule has 0 unspecified atom stereocenters. The van der Waals surface area contributed by atoms with E-state index >= 15 is 0 Å². The molecule has 0 amide bonds. The maximum absolute atomic E-state index is 12.4. The van der Waals surface area contributed by atoms with Crippen LogP contribution in [0.5, 0.6) is 0 Å². The number of rotatable bonds is 4. The molecule has 0 saturated carbocycles. The van der Waals surface area contributed by atoms with E-state index in [4.69, 9.17) is 5.26 Å². The van der Waals surface area contributed by atoms with Crippen molar-refractivity contribution in [3.63, 3.8) is 0 Å². The van der Waals surface area contributed by atoms with Crippen molar-refractivity contribution in [1.29, 1.82) is 5.26 Å². The Kier molecular flexibility index (Phi) is 4.26. The predicted octanol–water partition coefficient (Wildman–Crippen LogP) is 3.41. The molecule has 19 heavy (non-hydrogen) atoms. The van der Waals surface area contributed by atoms with Crippen LogP contribution in [0.4, 0.5) is 20.3 Å². The fraction of sp³-hybridized carbons (Fsp3) is 0.0833. The molecule has 0 saturated heterocycles. The monoisotopic (exact) mass is 278 g/mol. The molecule has 1 N–H and O–H groups in total. The lowest BCUT2D eigenvalue weighted by molar-refractivity contribution is 0.252. The molecule has 0 radical (unpaired) electrons. The average molecular weight is 278 g/mol. The topological polar surface area (TPSA) is 61.6 Å². The first-order chi connectivity index (χ1) is 9.20. The molecule has 7 heteroatoms. The Morgan fingerprint density at radius 3 is 2.79 bits per heavy atom. The Morgan fingerprint density at radius 2 is 2.05 bits per heavy atom. The van der Waals surface area contributed by atoms with E-state index in [-0.39, 0.29) is 5.82 Å². The van der Waals surface area contributed by atoms with Gasteiger partial charge in [0.25, 0.3) is 5.76 Å². The van der Waals surface area contributed by atoms with Gasteiger partial charge in [-0.3, -0.25) is 0 Å². The van der Waals surface area contributed by atoms with E-state index in [9.17, 15) is 8.78 Å². The van der Waals surface area contributed by atoms with Gasteiger partial charge in [-0.05, 0) is 18.2 Å². The van der Waals surface area contributed by atoms with Crippen LogP contribution in [0.1, 0.15) is 5.56 Å². The summed E-state index contributed by atoms with van der Waals surface area (Å²) in [5.74, 6) is -2.27. The second-order valence-electron chi connectivity index (χ2n) is 3.40. The maximum atomic E-state index is 12.4. The van der Waals surface area contributed by atoms with Gasteiger partial charge in [0.15, 0.2) is 5.82 Å². The van der Waals surface area contributed by atoms with Crippen molar-refractivity contribution >= 4 is 23.3 Å². The lowest BCUT2D eigenvalue weighted by atomic mass is 10.3. The number of hydrogen-bond donors (Lipinski definition) is 1. The van der Waals surface area contributed by atoms with Gasteiger partial charge in [-0.1, -0.05) is 23.9 Å². The number of nitriles is 1. The number of thioether (sulfide) groups is 1. The number of benzene rings is 1. The van der Waals surface area contributed by atoms with Crippen molar-refractivity contribution in [2.75, 3.05) is 5.32 Å². The zero-order valence-electron chi connectivity index (χ0n) is 9.55. The number of alkyl halides is 2. The first kappa shape index (κ1) is 13.2. The Bertz CT molecular complexity index is 613. The molecule has 0 atom stereocenters. The number of nitrogens with one attached hydrogen (secondary N) is 1. The molecule has 2 rings (SSSR count). The lowest BCUT2D eigenvalue weighted by Crippen LogP contribution is -1.99. The maximum Gasteiger partial charge on any atom is 0.288 e. The van der Waals surface area contributed by atoms with Crippen LogP contribution in [0, 0.1) is 11.3 Å². The van der Waals surface area contributed by atoms with E-state index in [2.05, 4.69) is 15.5 Å². The van der Waals surface area contributed by atoms with E-state index in [0.717, 1.165) is 0 Å². The molecular formula is C12H8F2N4S. The molecular weight excluding hydrogens is 270 g/mol. The predicted molar refractivity (Wildman–Crippen MR) is 68.3 cm³/mol. The van der Waals surface area contributed by atoms with Gasteiger partial charge in [0.05, 0.1) is 17.4 Å². The molecule has 0 aliphatic heterocycles. The Hall–Kier alpha value is -2.20. The zero-order valence-corrected chi connectivity index (χ0v) is 10.4. The van der Waals surface area contributed by atoms with Crippen molar-refractivity contribution in [2.24, 2.45) is 0 Å². The van der Waals surface area contributed by atoms with Crippen LogP contribution >= 0.6 is 11.8 Å². The minimum atomic E-state index is -2.51. The first-order valence-electron chi connectivity index (χ1n) is 5.23. The van der Waals surface area contributed by atoms with Crippen molar-refractivity contribution in [1.82, 2.24) is 10.2 Å². The lowest BCUT2D eigenvalue weighted by Gasteiger charge is -2.10. The van der Waals surface area contributed by atoms with Gasteiger partial charge in [0.2, 0.25) is 0 Å². The van der Waals surface area contributed by atoms with Crippen molar-refractivity contribution in [2.45, 2.75) is 10.7 Å². The molecule has 2 aromatic rings. The summed E-state index contributed by atoms with van der Waals surface area (Å²) in [4.78, 5) is 0.382. The average Bonchev–Trinajstić information content (AvgIpc) is 2.41. The highest BCUT2D eigenvalue weighted by atomic mass is 32.2. The number of hydrogen-bond acceptors (Lipinski definition) is 5. The van der Waals surface area contributed by atoms with Gasteiger partial charge < -0.3 is 5.32 Å². The summed E-state index contributed by atoms with van der Waals surface area (Å²) in [6.07, 6.45) is 1.39. The summed E-state index contributed by atoms with van der Waals surface area (Å²) in [5.41, 5.74) is 0.761. The SMILES string of the molecule is N#Cc1ccnnc1Nc1ccccc1SC(F)F. The van der Waals surface area contributed by atoms with Crippen LogP contribution in [0.25, 0.3) is 0 Å². The van der Waals surface area contributed by atoms with Crippen molar-refractivity contribution in [3.8, 4) is 6.07 Å². The molecule has 1 aromatic carbocycles. The number of nitrogens with zero attached hydrogens (tertiary/aromatic N) is 3. The van der Waals surface area contributed by atoms with Crippen molar-refractivity contribution < 1.29 is 8.78 Å². The smallest absolute Gasteiger partial charge is 0.288 e. The molecule has 0 aliphatic carbocycles. The highest BCUT2D eigenvalue weighted by molar-refractivity contribution is 7.99. The number of aromatic nitrogens is 2. The summed E-state index contributed by atoms with van der Waals surface area (Å²) in [5, 5.41) is 19.2. The highest BCUT2D eigenvalue weighted by Gasteiger charge is 2.11. The van der Waals surface area contributed by atoms with Crippen LogP contribution in [0.2, 0.25) is 0 Å². The van der Waals surface area contributed by atoms with Crippen LogP contribution < -0.4 is 5.32 Å². The zero-order chi connectivity index (χ0) is 13.7. The highest BCUT2D eigenvalue weighted by Crippen LogP contribution is 2.33. The Morgan fingerprint density at radius 1 is 1.26 bits per heavy atom. The van der Waals surface area contributed by atoms with Crippen LogP contribution in [0.15, 0.2) is 41.4 Å². The second kappa shape index (κ2) is 6.11. The molecule has 4 nitrogen and oxygen atoms in total. The number of para-hydroxylation sites is 1. The van der Waals surface area contributed by atoms with Gasteiger partial charge in [-0.2, -0.15) is 19.1 Å². The number of anilines is 2. The van der Waals surface area contributed by atoms with Gasteiger partial charge in [-0.25, -0.2) is 0 Å². The second-order valence-corrected chi connectivity index (χ2v) is 4.44. The quantitative estimate of drug-likeness (QED) is 0.868. The number of halogens is 2. The third-order valence-corrected chi connectivity index (χ3v) is 2.99. The van der Waals surface area contributed by atoms with E-state index in [1.54, 1.807) is 24.3 Å². The van der Waals surface area contributed by atoms with Crippen LogP contribution in [-0.4, -0.2) is 16.0 Å². The van der Waals surface area contributed by atoms with Gasteiger partial charge in [0, 0.05) is 4.90 Å². The fourth-order valence-electron chi connectivity index (χ4n) is 1.41. The van der Waals surface area contributed by atoms with E-state index in [1.807, 2.05) is 6.07 Å². The van der Waals surface area contributed by atoms with E-state index in [0.29, 0.717) is 27.9 Å². The van der Waals surface area contributed by atoms with E-state index < -0.39 is 5.76 Å². The summed E-state index contributed by atoms with van der Waals surface area (Å²) < 4.78 is 24.9. The molecule has 96 valence electrons.